The van der Waals surface area contributed by atoms with Crippen molar-refractivity contribution in [2.24, 2.45) is 5.92 Å². The van der Waals surface area contributed by atoms with Crippen molar-refractivity contribution < 1.29 is 9.53 Å². The Morgan fingerprint density at radius 1 is 1.47 bits per heavy atom. The van der Waals surface area contributed by atoms with Crippen LogP contribution in [0.5, 0.6) is 0 Å². The molecule has 19 heavy (non-hydrogen) atoms. The standard InChI is InChI=1S/C14H17BrClNO2/c15-13-8-11(16)4-5-12(13)14(18)17-6-1-7-19-9-10-2-3-10/h4-5,8,10H,1-3,6-7,9H2,(H,17,18). The number of amides is 1. The summed E-state index contributed by atoms with van der Waals surface area (Å²) in [5, 5.41) is 3.48. The smallest absolute Gasteiger partial charge is 0.252 e. The normalized spacial score (nSPS) is 14.4. The van der Waals surface area contributed by atoms with E-state index in [4.69, 9.17) is 16.3 Å². The quantitative estimate of drug-likeness (QED) is 0.765. The van der Waals surface area contributed by atoms with Gasteiger partial charge < -0.3 is 10.1 Å². The van der Waals surface area contributed by atoms with Crippen molar-refractivity contribution in [3.63, 3.8) is 0 Å². The minimum absolute atomic E-state index is 0.0919. The molecule has 3 nitrogen and oxygen atoms in total. The largest absolute Gasteiger partial charge is 0.381 e. The Kier molecular flexibility index (Phi) is 5.67. The molecule has 0 bridgehead atoms. The summed E-state index contributed by atoms with van der Waals surface area (Å²) in [5.74, 6) is 0.699. The van der Waals surface area contributed by atoms with Crippen LogP contribution in [0.25, 0.3) is 0 Å². The molecule has 0 saturated heterocycles. The molecule has 0 radical (unpaired) electrons. The second-order valence-electron chi connectivity index (χ2n) is 4.75. The molecule has 5 heteroatoms. The molecule has 2 rings (SSSR count). The molecule has 0 unspecified atom stereocenters. The second kappa shape index (κ2) is 7.27. The molecule has 1 aliphatic rings. The van der Waals surface area contributed by atoms with Crippen molar-refractivity contribution in [1.82, 2.24) is 5.32 Å². The van der Waals surface area contributed by atoms with E-state index >= 15 is 0 Å². The molecule has 1 aliphatic carbocycles. The first-order chi connectivity index (χ1) is 9.16. The van der Waals surface area contributed by atoms with Crippen LogP contribution < -0.4 is 5.32 Å². The number of hydrogen-bond acceptors (Lipinski definition) is 2. The van der Waals surface area contributed by atoms with Gasteiger partial charge in [-0.3, -0.25) is 4.79 Å². The number of nitrogens with one attached hydrogen (secondary N) is 1. The third-order valence-corrected chi connectivity index (χ3v) is 3.87. The number of carbonyl (C=O) groups is 1. The number of carbonyl (C=O) groups excluding carboxylic acids is 1. The van der Waals surface area contributed by atoms with E-state index in [0.29, 0.717) is 28.2 Å². The van der Waals surface area contributed by atoms with E-state index < -0.39 is 0 Å². The van der Waals surface area contributed by atoms with E-state index in [0.717, 1.165) is 18.9 Å². The van der Waals surface area contributed by atoms with E-state index in [1.807, 2.05) is 0 Å². The summed E-state index contributed by atoms with van der Waals surface area (Å²) in [5.41, 5.74) is 0.600. The number of halogens is 2. The van der Waals surface area contributed by atoms with Gasteiger partial charge in [-0.2, -0.15) is 0 Å². The molecular formula is C14H17BrClNO2. The van der Waals surface area contributed by atoms with Gasteiger partial charge >= 0.3 is 0 Å². The van der Waals surface area contributed by atoms with Crippen molar-refractivity contribution in [3.05, 3.63) is 33.3 Å². The lowest BCUT2D eigenvalue weighted by Gasteiger charge is -2.07. The summed E-state index contributed by atoms with van der Waals surface area (Å²) in [6.45, 7) is 2.20. The maximum atomic E-state index is 11.9. The zero-order valence-corrected chi connectivity index (χ0v) is 13.0. The maximum absolute atomic E-state index is 11.9. The topological polar surface area (TPSA) is 38.3 Å². The fraction of sp³-hybridized carbons (Fsp3) is 0.500. The lowest BCUT2D eigenvalue weighted by Crippen LogP contribution is -2.25. The third-order valence-electron chi connectivity index (χ3n) is 2.98. The van der Waals surface area contributed by atoms with Gasteiger partial charge in [0.2, 0.25) is 0 Å². The van der Waals surface area contributed by atoms with Crippen molar-refractivity contribution in [3.8, 4) is 0 Å². The summed E-state index contributed by atoms with van der Waals surface area (Å²) >= 11 is 9.17. The molecule has 1 saturated carbocycles. The highest BCUT2D eigenvalue weighted by atomic mass is 79.9. The zero-order valence-electron chi connectivity index (χ0n) is 10.6. The molecule has 1 fully saturated rings. The highest BCUT2D eigenvalue weighted by molar-refractivity contribution is 9.10. The molecule has 1 amide bonds. The van der Waals surface area contributed by atoms with E-state index in [9.17, 15) is 4.79 Å². The van der Waals surface area contributed by atoms with Gasteiger partial charge in [0.15, 0.2) is 0 Å². The first-order valence-corrected chi connectivity index (χ1v) is 7.65. The molecular weight excluding hydrogens is 330 g/mol. The summed E-state index contributed by atoms with van der Waals surface area (Å²) in [7, 11) is 0. The number of benzene rings is 1. The first kappa shape index (κ1) is 14.8. The van der Waals surface area contributed by atoms with E-state index in [1.54, 1.807) is 18.2 Å². The predicted octanol–water partition coefficient (Wildman–Crippen LogP) is 3.65. The van der Waals surface area contributed by atoms with E-state index in [2.05, 4.69) is 21.2 Å². The minimum atomic E-state index is -0.0919. The van der Waals surface area contributed by atoms with Crippen LogP contribution in [0.2, 0.25) is 5.02 Å². The van der Waals surface area contributed by atoms with Crippen LogP contribution in [0, 0.1) is 5.92 Å². The van der Waals surface area contributed by atoms with Crippen LogP contribution in [-0.4, -0.2) is 25.7 Å². The number of ether oxygens (including phenoxy) is 1. The van der Waals surface area contributed by atoms with Gasteiger partial charge in [0.25, 0.3) is 5.91 Å². The van der Waals surface area contributed by atoms with Crippen molar-refractivity contribution in [1.29, 1.82) is 0 Å². The zero-order chi connectivity index (χ0) is 13.7. The fourth-order valence-electron chi connectivity index (χ4n) is 1.68. The molecule has 0 aromatic heterocycles. The lowest BCUT2D eigenvalue weighted by atomic mass is 10.2. The highest BCUT2D eigenvalue weighted by Crippen LogP contribution is 2.28. The first-order valence-electron chi connectivity index (χ1n) is 6.48. The SMILES string of the molecule is O=C(NCCCOCC1CC1)c1ccc(Cl)cc1Br. The van der Waals surface area contributed by atoms with Crippen LogP contribution in [0.1, 0.15) is 29.6 Å². The van der Waals surface area contributed by atoms with E-state index in [1.165, 1.54) is 12.8 Å². The molecule has 0 heterocycles. The fourth-order valence-corrected chi connectivity index (χ4v) is 2.54. The van der Waals surface area contributed by atoms with Crippen LogP contribution in [0.15, 0.2) is 22.7 Å². The summed E-state index contributed by atoms with van der Waals surface area (Å²) in [4.78, 5) is 11.9. The Morgan fingerprint density at radius 3 is 2.95 bits per heavy atom. The lowest BCUT2D eigenvalue weighted by molar-refractivity contribution is 0.0936. The average molecular weight is 347 g/mol. The summed E-state index contributed by atoms with van der Waals surface area (Å²) < 4.78 is 6.22. The Labute approximate surface area is 126 Å². The van der Waals surface area contributed by atoms with E-state index in [-0.39, 0.29) is 5.91 Å². The molecule has 0 spiro atoms. The van der Waals surface area contributed by atoms with Gasteiger partial charge in [-0.1, -0.05) is 11.6 Å². The second-order valence-corrected chi connectivity index (χ2v) is 6.04. The highest BCUT2D eigenvalue weighted by Gasteiger charge is 2.20. The van der Waals surface area contributed by atoms with Gasteiger partial charge in [0.05, 0.1) is 5.56 Å². The van der Waals surface area contributed by atoms with Crippen LogP contribution in [0.3, 0.4) is 0 Å². The molecule has 104 valence electrons. The predicted molar refractivity (Wildman–Crippen MR) is 79.6 cm³/mol. The molecule has 1 N–H and O–H groups in total. The monoisotopic (exact) mass is 345 g/mol. The van der Waals surface area contributed by atoms with Crippen LogP contribution in [0.4, 0.5) is 0 Å². The maximum Gasteiger partial charge on any atom is 0.252 e. The average Bonchev–Trinajstić information content (AvgIpc) is 3.17. The van der Waals surface area contributed by atoms with Crippen molar-refractivity contribution in [2.75, 3.05) is 19.8 Å². The Bertz CT molecular complexity index is 449. The Balaban J connectivity index is 1.65. The molecule has 1 aromatic carbocycles. The van der Waals surface area contributed by atoms with Crippen LogP contribution in [-0.2, 0) is 4.74 Å². The van der Waals surface area contributed by atoms with Gasteiger partial charge in [0.1, 0.15) is 0 Å². The number of hydrogen-bond donors (Lipinski definition) is 1. The van der Waals surface area contributed by atoms with Gasteiger partial charge in [-0.15, -0.1) is 0 Å². The molecule has 1 aromatic rings. The Morgan fingerprint density at radius 2 is 2.26 bits per heavy atom. The molecule has 0 atom stereocenters. The van der Waals surface area contributed by atoms with Gasteiger partial charge in [-0.05, 0) is 59.3 Å². The van der Waals surface area contributed by atoms with Crippen molar-refractivity contribution >= 4 is 33.4 Å². The van der Waals surface area contributed by atoms with Crippen molar-refractivity contribution in [2.45, 2.75) is 19.3 Å². The Hall–Kier alpha value is -0.580. The molecule has 0 aliphatic heterocycles. The summed E-state index contributed by atoms with van der Waals surface area (Å²) in [6, 6.07) is 5.14. The van der Waals surface area contributed by atoms with Crippen LogP contribution >= 0.6 is 27.5 Å². The third kappa shape index (κ3) is 5.13. The minimum Gasteiger partial charge on any atom is -0.381 e. The van der Waals surface area contributed by atoms with Gasteiger partial charge in [0, 0.05) is 29.3 Å². The summed E-state index contributed by atoms with van der Waals surface area (Å²) in [6.07, 6.45) is 3.45. The number of rotatable bonds is 7. The van der Waals surface area contributed by atoms with Gasteiger partial charge in [-0.25, -0.2) is 0 Å².